The molecule has 1 heterocycles. The van der Waals surface area contributed by atoms with Crippen LogP contribution in [0.2, 0.25) is 0 Å². The molecular weight excluding hydrogens is 232 g/mol. The van der Waals surface area contributed by atoms with Crippen molar-refractivity contribution in [3.63, 3.8) is 0 Å². The van der Waals surface area contributed by atoms with Crippen LogP contribution in [0.5, 0.6) is 0 Å². The maximum atomic E-state index is 4.38. The molecule has 0 amide bonds. The van der Waals surface area contributed by atoms with Gasteiger partial charge in [0.25, 0.3) is 0 Å². The van der Waals surface area contributed by atoms with E-state index in [0.717, 1.165) is 12.1 Å². The van der Waals surface area contributed by atoms with Crippen LogP contribution < -0.4 is 5.32 Å². The molecule has 1 aromatic heterocycles. The maximum Gasteiger partial charge on any atom is 0.0420 e. The first-order chi connectivity index (χ1) is 9.10. The zero-order valence-electron chi connectivity index (χ0n) is 12.2. The number of nitrogens with zero attached hydrogens (tertiary/aromatic N) is 1. The Morgan fingerprint density at radius 3 is 2.37 bits per heavy atom. The minimum atomic E-state index is 0.315. The van der Waals surface area contributed by atoms with Crippen molar-refractivity contribution >= 4 is 0 Å². The summed E-state index contributed by atoms with van der Waals surface area (Å²) >= 11 is 0. The van der Waals surface area contributed by atoms with Crippen molar-refractivity contribution in [2.45, 2.75) is 33.2 Å². The normalized spacial score (nSPS) is 12.4. The first-order valence-electron chi connectivity index (χ1n) is 6.76. The summed E-state index contributed by atoms with van der Waals surface area (Å²) < 4.78 is 0. The molecule has 2 nitrogen and oxygen atoms in total. The van der Waals surface area contributed by atoms with Gasteiger partial charge >= 0.3 is 0 Å². The summed E-state index contributed by atoms with van der Waals surface area (Å²) in [6.45, 7) is 6.38. The number of aryl methyl sites for hydroxylation is 3. The van der Waals surface area contributed by atoms with Crippen molar-refractivity contribution in [3.8, 4) is 0 Å². The molecule has 0 saturated carbocycles. The van der Waals surface area contributed by atoms with Crippen LogP contribution in [0.15, 0.2) is 36.5 Å². The molecule has 19 heavy (non-hydrogen) atoms. The molecule has 0 fully saturated rings. The van der Waals surface area contributed by atoms with Crippen LogP contribution in [-0.4, -0.2) is 12.0 Å². The van der Waals surface area contributed by atoms with Crippen molar-refractivity contribution in [2.75, 3.05) is 7.05 Å². The van der Waals surface area contributed by atoms with Crippen molar-refractivity contribution in [2.24, 2.45) is 0 Å². The summed E-state index contributed by atoms with van der Waals surface area (Å²) in [5.41, 5.74) is 6.41. The second-order valence-electron chi connectivity index (χ2n) is 5.22. The molecule has 0 saturated heterocycles. The minimum Gasteiger partial charge on any atom is -0.313 e. The molecule has 1 unspecified atom stereocenters. The highest BCUT2D eigenvalue weighted by molar-refractivity contribution is 5.31. The predicted molar refractivity (Wildman–Crippen MR) is 80.4 cm³/mol. The smallest absolute Gasteiger partial charge is 0.0420 e. The summed E-state index contributed by atoms with van der Waals surface area (Å²) in [5.74, 6) is 0. The fourth-order valence-electron chi connectivity index (χ4n) is 2.66. The summed E-state index contributed by atoms with van der Waals surface area (Å²) in [4.78, 5) is 4.38. The fraction of sp³-hybridized carbons (Fsp3) is 0.353. The molecule has 0 bridgehead atoms. The zero-order valence-corrected chi connectivity index (χ0v) is 12.2. The predicted octanol–water partition coefficient (Wildman–Crippen LogP) is 3.51. The van der Waals surface area contributed by atoms with Crippen molar-refractivity contribution in [3.05, 3.63) is 64.5 Å². The quantitative estimate of drug-likeness (QED) is 0.903. The van der Waals surface area contributed by atoms with Gasteiger partial charge in [0.05, 0.1) is 0 Å². The average molecular weight is 254 g/mol. The SMILES string of the molecule is CNC(Cc1cc(C)cc(C)c1)c1cccnc1C. The van der Waals surface area contributed by atoms with E-state index in [1.165, 1.54) is 22.3 Å². The molecule has 0 aliphatic carbocycles. The minimum absolute atomic E-state index is 0.315. The van der Waals surface area contributed by atoms with Crippen LogP contribution in [0.25, 0.3) is 0 Å². The molecule has 2 rings (SSSR count). The number of hydrogen-bond donors (Lipinski definition) is 1. The Bertz CT molecular complexity index is 541. The lowest BCUT2D eigenvalue weighted by Crippen LogP contribution is -2.20. The van der Waals surface area contributed by atoms with E-state index in [2.05, 4.69) is 55.3 Å². The zero-order chi connectivity index (χ0) is 13.8. The van der Waals surface area contributed by atoms with Crippen LogP contribution in [0.3, 0.4) is 0 Å². The van der Waals surface area contributed by atoms with Gasteiger partial charge in [-0.05, 0) is 51.4 Å². The largest absolute Gasteiger partial charge is 0.313 e. The molecule has 0 spiro atoms. The third-order valence-electron chi connectivity index (χ3n) is 3.49. The van der Waals surface area contributed by atoms with Gasteiger partial charge in [-0.3, -0.25) is 4.98 Å². The lowest BCUT2D eigenvalue weighted by atomic mass is 9.96. The number of aromatic nitrogens is 1. The summed E-state index contributed by atoms with van der Waals surface area (Å²) in [6, 6.07) is 11.2. The molecule has 1 atom stereocenters. The number of rotatable bonds is 4. The Kier molecular flexibility index (Phi) is 4.33. The van der Waals surface area contributed by atoms with Gasteiger partial charge in [0, 0.05) is 17.9 Å². The monoisotopic (exact) mass is 254 g/mol. The van der Waals surface area contributed by atoms with E-state index >= 15 is 0 Å². The van der Waals surface area contributed by atoms with Crippen molar-refractivity contribution < 1.29 is 0 Å². The van der Waals surface area contributed by atoms with Gasteiger partial charge in [-0.1, -0.05) is 35.4 Å². The topological polar surface area (TPSA) is 24.9 Å². The third kappa shape index (κ3) is 3.42. The number of benzene rings is 1. The highest BCUT2D eigenvalue weighted by Gasteiger charge is 2.13. The molecule has 0 aliphatic heterocycles. The van der Waals surface area contributed by atoms with E-state index < -0.39 is 0 Å². The van der Waals surface area contributed by atoms with E-state index in [0.29, 0.717) is 6.04 Å². The van der Waals surface area contributed by atoms with Gasteiger partial charge in [-0.2, -0.15) is 0 Å². The van der Waals surface area contributed by atoms with Crippen LogP contribution in [-0.2, 0) is 6.42 Å². The maximum absolute atomic E-state index is 4.38. The number of likely N-dealkylation sites (N-methyl/N-ethyl adjacent to an activating group) is 1. The lowest BCUT2D eigenvalue weighted by molar-refractivity contribution is 0.585. The molecular formula is C17H22N2. The van der Waals surface area contributed by atoms with Gasteiger partial charge in [0.15, 0.2) is 0 Å². The van der Waals surface area contributed by atoms with E-state index in [9.17, 15) is 0 Å². The number of hydrogen-bond acceptors (Lipinski definition) is 2. The summed E-state index contributed by atoms with van der Waals surface area (Å²) in [7, 11) is 2.01. The Balaban J connectivity index is 2.26. The van der Waals surface area contributed by atoms with Gasteiger partial charge in [0.2, 0.25) is 0 Å². The first kappa shape index (κ1) is 13.8. The van der Waals surface area contributed by atoms with E-state index in [-0.39, 0.29) is 0 Å². The molecule has 0 aliphatic rings. The lowest BCUT2D eigenvalue weighted by Gasteiger charge is -2.19. The number of pyridine rings is 1. The van der Waals surface area contributed by atoms with Gasteiger partial charge in [-0.25, -0.2) is 0 Å². The Labute approximate surface area is 115 Å². The van der Waals surface area contributed by atoms with Crippen LogP contribution in [0.1, 0.15) is 34.0 Å². The van der Waals surface area contributed by atoms with E-state index in [1.807, 2.05) is 19.3 Å². The first-order valence-corrected chi connectivity index (χ1v) is 6.76. The molecule has 2 aromatic rings. The van der Waals surface area contributed by atoms with Gasteiger partial charge in [0.1, 0.15) is 0 Å². The molecule has 2 heteroatoms. The Morgan fingerprint density at radius 2 is 1.79 bits per heavy atom. The fourth-order valence-corrected chi connectivity index (χ4v) is 2.66. The van der Waals surface area contributed by atoms with Crippen LogP contribution in [0, 0.1) is 20.8 Å². The second-order valence-corrected chi connectivity index (χ2v) is 5.22. The van der Waals surface area contributed by atoms with Gasteiger partial charge in [-0.15, -0.1) is 0 Å². The van der Waals surface area contributed by atoms with E-state index in [4.69, 9.17) is 0 Å². The van der Waals surface area contributed by atoms with Crippen LogP contribution >= 0.6 is 0 Å². The summed E-state index contributed by atoms with van der Waals surface area (Å²) in [5, 5.41) is 3.41. The standard InChI is InChI=1S/C17H22N2/c1-12-8-13(2)10-15(9-12)11-17(18-4)16-6-5-7-19-14(16)3/h5-10,17-18H,11H2,1-4H3. The van der Waals surface area contributed by atoms with Crippen molar-refractivity contribution in [1.29, 1.82) is 0 Å². The Morgan fingerprint density at radius 1 is 1.11 bits per heavy atom. The highest BCUT2D eigenvalue weighted by atomic mass is 14.9. The van der Waals surface area contributed by atoms with Crippen LogP contribution in [0.4, 0.5) is 0 Å². The Hall–Kier alpha value is -1.67. The molecule has 1 N–H and O–H groups in total. The van der Waals surface area contributed by atoms with E-state index in [1.54, 1.807) is 0 Å². The second kappa shape index (κ2) is 5.98. The molecule has 0 radical (unpaired) electrons. The molecule has 100 valence electrons. The highest BCUT2D eigenvalue weighted by Crippen LogP contribution is 2.21. The average Bonchev–Trinajstić information content (AvgIpc) is 2.36. The van der Waals surface area contributed by atoms with Gasteiger partial charge < -0.3 is 5.32 Å². The molecule has 1 aromatic carbocycles. The number of nitrogens with one attached hydrogen (secondary N) is 1. The third-order valence-corrected chi connectivity index (χ3v) is 3.49. The van der Waals surface area contributed by atoms with Crippen molar-refractivity contribution in [1.82, 2.24) is 10.3 Å². The summed E-state index contributed by atoms with van der Waals surface area (Å²) in [6.07, 6.45) is 2.84.